The van der Waals surface area contributed by atoms with Gasteiger partial charge in [-0.15, -0.1) is 0 Å². The van der Waals surface area contributed by atoms with Crippen LogP contribution in [0, 0.1) is 18.8 Å². The molecule has 6 heteroatoms. The zero-order chi connectivity index (χ0) is 20.1. The van der Waals surface area contributed by atoms with E-state index in [1.54, 1.807) is 0 Å². The van der Waals surface area contributed by atoms with Gasteiger partial charge in [-0.1, -0.05) is 23.7 Å². The van der Waals surface area contributed by atoms with Crippen LogP contribution in [0.3, 0.4) is 0 Å². The molecule has 3 rings (SSSR count). The minimum absolute atomic E-state index is 0.0104. The number of carbonyl (C=O) groups is 2. The molecule has 1 aliphatic rings. The van der Waals surface area contributed by atoms with Gasteiger partial charge in [0.05, 0.1) is 13.0 Å². The van der Waals surface area contributed by atoms with Gasteiger partial charge >= 0.3 is 5.97 Å². The Labute approximate surface area is 171 Å². The molecule has 5 nitrogen and oxygen atoms in total. The Morgan fingerprint density at radius 3 is 2.50 bits per heavy atom. The van der Waals surface area contributed by atoms with Gasteiger partial charge < -0.3 is 14.6 Å². The van der Waals surface area contributed by atoms with Crippen LogP contribution in [0.1, 0.15) is 47.3 Å². The monoisotopic (exact) mass is 402 g/mol. The predicted molar refractivity (Wildman–Crippen MR) is 110 cm³/mol. The summed E-state index contributed by atoms with van der Waals surface area (Å²) in [5.41, 5.74) is 2.81. The first-order valence-electron chi connectivity index (χ1n) is 9.73. The zero-order valence-corrected chi connectivity index (χ0v) is 17.2. The van der Waals surface area contributed by atoms with Gasteiger partial charge in [0.2, 0.25) is 0 Å². The van der Waals surface area contributed by atoms with Crippen molar-refractivity contribution in [2.45, 2.75) is 39.2 Å². The molecule has 150 valence electrons. The maximum Gasteiger partial charge on any atom is 0.308 e. The molecule has 0 aliphatic heterocycles. The third-order valence-corrected chi connectivity index (χ3v) is 5.72. The second-order valence-corrected chi connectivity index (χ2v) is 8.04. The molecule has 1 aromatic carbocycles. The standard InChI is InChI=1S/C22H27ClN2O3/c1-15-11-20(25(13-15)14-17-5-9-19(23)10-6-17)21(26)24-12-16-3-7-18(8-4-16)22(27)28-2/h5-6,9-11,13,16,18H,3-4,7-8,12,14H2,1-2H3,(H,24,26). The quantitative estimate of drug-likeness (QED) is 0.736. The molecule has 1 amide bonds. The van der Waals surface area contributed by atoms with Crippen molar-refractivity contribution < 1.29 is 14.3 Å². The number of halogens is 1. The molecule has 0 unspecified atom stereocenters. The van der Waals surface area contributed by atoms with Gasteiger partial charge in [-0.2, -0.15) is 0 Å². The summed E-state index contributed by atoms with van der Waals surface area (Å²) in [7, 11) is 1.44. The van der Waals surface area contributed by atoms with Crippen LogP contribution in [-0.2, 0) is 16.1 Å². The summed E-state index contributed by atoms with van der Waals surface area (Å²) in [5, 5.41) is 3.78. The normalized spacial score (nSPS) is 19.2. The number of ether oxygens (including phenoxy) is 1. The number of methoxy groups -OCH3 is 1. The molecule has 1 heterocycles. The average Bonchev–Trinajstić information content (AvgIpc) is 3.08. The van der Waals surface area contributed by atoms with E-state index in [4.69, 9.17) is 16.3 Å². The van der Waals surface area contributed by atoms with Crippen molar-refractivity contribution in [3.8, 4) is 0 Å². The zero-order valence-electron chi connectivity index (χ0n) is 16.4. The molecule has 1 saturated carbocycles. The fourth-order valence-corrected chi connectivity index (χ4v) is 3.99. The van der Waals surface area contributed by atoms with Gasteiger partial charge in [0.1, 0.15) is 5.69 Å². The number of amides is 1. The van der Waals surface area contributed by atoms with E-state index < -0.39 is 0 Å². The summed E-state index contributed by atoms with van der Waals surface area (Å²) < 4.78 is 6.81. The van der Waals surface area contributed by atoms with Crippen LogP contribution in [-0.4, -0.2) is 30.1 Å². The molecule has 1 N–H and O–H groups in total. The van der Waals surface area contributed by atoms with Crippen molar-refractivity contribution in [3.63, 3.8) is 0 Å². The Kier molecular flexibility index (Phi) is 6.79. The lowest BCUT2D eigenvalue weighted by Crippen LogP contribution is -2.33. The number of carbonyl (C=O) groups excluding carboxylic acids is 2. The summed E-state index contributed by atoms with van der Waals surface area (Å²) in [6.07, 6.45) is 5.53. The Morgan fingerprint density at radius 1 is 1.18 bits per heavy atom. The van der Waals surface area contributed by atoms with E-state index >= 15 is 0 Å². The number of hydrogen-bond acceptors (Lipinski definition) is 3. The van der Waals surface area contributed by atoms with E-state index in [-0.39, 0.29) is 17.8 Å². The molecule has 1 aliphatic carbocycles. The summed E-state index contributed by atoms with van der Waals surface area (Å²) in [6, 6.07) is 9.58. The average molecular weight is 403 g/mol. The Bertz CT molecular complexity index is 821. The largest absolute Gasteiger partial charge is 0.469 e. The Morgan fingerprint density at radius 2 is 1.86 bits per heavy atom. The molecular weight excluding hydrogens is 376 g/mol. The van der Waals surface area contributed by atoms with Gasteiger partial charge in [0, 0.05) is 24.3 Å². The first-order valence-corrected chi connectivity index (χ1v) is 10.1. The van der Waals surface area contributed by atoms with Crippen LogP contribution >= 0.6 is 11.6 Å². The second kappa shape index (κ2) is 9.28. The third kappa shape index (κ3) is 5.16. The van der Waals surface area contributed by atoms with Gasteiger partial charge in [-0.25, -0.2) is 0 Å². The molecule has 1 fully saturated rings. The first kappa shape index (κ1) is 20.5. The highest BCUT2D eigenvalue weighted by atomic mass is 35.5. The number of nitrogens with zero attached hydrogens (tertiary/aromatic N) is 1. The van der Waals surface area contributed by atoms with E-state index in [9.17, 15) is 9.59 Å². The molecule has 1 aromatic heterocycles. The first-order chi connectivity index (χ1) is 13.5. The third-order valence-electron chi connectivity index (χ3n) is 5.46. The maximum atomic E-state index is 12.8. The topological polar surface area (TPSA) is 60.3 Å². The number of nitrogens with one attached hydrogen (secondary N) is 1. The van der Waals surface area contributed by atoms with Crippen LogP contribution in [0.2, 0.25) is 5.02 Å². The Balaban J connectivity index is 1.56. The van der Waals surface area contributed by atoms with E-state index in [2.05, 4.69) is 5.32 Å². The molecule has 2 aromatic rings. The van der Waals surface area contributed by atoms with E-state index in [0.717, 1.165) is 36.8 Å². The minimum Gasteiger partial charge on any atom is -0.469 e. The number of aromatic nitrogens is 1. The van der Waals surface area contributed by atoms with Crippen molar-refractivity contribution >= 4 is 23.5 Å². The van der Waals surface area contributed by atoms with Crippen molar-refractivity contribution in [2.24, 2.45) is 11.8 Å². The lowest BCUT2D eigenvalue weighted by atomic mass is 9.82. The number of benzene rings is 1. The fraction of sp³-hybridized carbons (Fsp3) is 0.455. The van der Waals surface area contributed by atoms with E-state index in [1.807, 2.05) is 48.0 Å². The summed E-state index contributed by atoms with van der Waals surface area (Å²) in [6.45, 7) is 3.25. The minimum atomic E-state index is -0.113. The number of rotatable bonds is 6. The highest BCUT2D eigenvalue weighted by Crippen LogP contribution is 2.29. The molecule has 0 atom stereocenters. The van der Waals surface area contributed by atoms with Crippen molar-refractivity contribution in [2.75, 3.05) is 13.7 Å². The van der Waals surface area contributed by atoms with Crippen LogP contribution in [0.4, 0.5) is 0 Å². The maximum absolute atomic E-state index is 12.8. The van der Waals surface area contributed by atoms with E-state index in [0.29, 0.717) is 29.7 Å². The molecule has 0 bridgehead atoms. The van der Waals surface area contributed by atoms with Gasteiger partial charge in [-0.3, -0.25) is 9.59 Å². The van der Waals surface area contributed by atoms with Crippen molar-refractivity contribution in [1.29, 1.82) is 0 Å². The highest BCUT2D eigenvalue weighted by molar-refractivity contribution is 6.30. The number of esters is 1. The van der Waals surface area contributed by atoms with Crippen molar-refractivity contribution in [3.05, 3.63) is 58.4 Å². The molecule has 0 spiro atoms. The van der Waals surface area contributed by atoms with Gasteiger partial charge in [0.25, 0.3) is 5.91 Å². The smallest absolute Gasteiger partial charge is 0.308 e. The molecular formula is C22H27ClN2O3. The van der Waals surface area contributed by atoms with Crippen LogP contribution in [0.15, 0.2) is 36.5 Å². The number of hydrogen-bond donors (Lipinski definition) is 1. The van der Waals surface area contributed by atoms with Crippen molar-refractivity contribution in [1.82, 2.24) is 9.88 Å². The van der Waals surface area contributed by atoms with Crippen LogP contribution in [0.25, 0.3) is 0 Å². The van der Waals surface area contributed by atoms with Gasteiger partial charge in [0.15, 0.2) is 0 Å². The van der Waals surface area contributed by atoms with Crippen LogP contribution in [0.5, 0.6) is 0 Å². The predicted octanol–water partition coefficient (Wildman–Crippen LogP) is 4.21. The fourth-order valence-electron chi connectivity index (χ4n) is 3.86. The molecule has 28 heavy (non-hydrogen) atoms. The highest BCUT2D eigenvalue weighted by Gasteiger charge is 2.27. The lowest BCUT2D eigenvalue weighted by molar-refractivity contribution is -0.146. The molecule has 0 radical (unpaired) electrons. The lowest BCUT2D eigenvalue weighted by Gasteiger charge is -2.27. The van der Waals surface area contributed by atoms with E-state index in [1.165, 1.54) is 7.11 Å². The summed E-state index contributed by atoms with van der Waals surface area (Å²) >= 11 is 5.95. The van der Waals surface area contributed by atoms with Crippen LogP contribution < -0.4 is 5.32 Å². The number of aryl methyl sites for hydroxylation is 1. The summed E-state index contributed by atoms with van der Waals surface area (Å²) in [5.74, 6) is 0.247. The summed E-state index contributed by atoms with van der Waals surface area (Å²) in [4.78, 5) is 24.4. The molecule has 0 saturated heterocycles. The Hall–Kier alpha value is -2.27. The second-order valence-electron chi connectivity index (χ2n) is 7.61. The SMILES string of the molecule is COC(=O)C1CCC(CNC(=O)c2cc(C)cn2Cc2ccc(Cl)cc2)CC1. The van der Waals surface area contributed by atoms with Gasteiger partial charge in [-0.05, 0) is 67.9 Å².